The van der Waals surface area contributed by atoms with Crippen LogP contribution in [0.25, 0.3) is 10.8 Å². The molecule has 0 N–H and O–H groups in total. The Morgan fingerprint density at radius 2 is 1.22 bits per heavy atom. The van der Waals surface area contributed by atoms with E-state index in [1.54, 1.807) is 14.2 Å². The summed E-state index contributed by atoms with van der Waals surface area (Å²) in [5.41, 5.74) is 5.93. The predicted molar refractivity (Wildman–Crippen MR) is 129 cm³/mol. The maximum atomic E-state index is 6.62. The lowest BCUT2D eigenvalue weighted by atomic mass is 9.69. The number of fused-ring (bicyclic) bond motifs is 3. The van der Waals surface area contributed by atoms with Gasteiger partial charge in [0, 0.05) is 5.56 Å². The van der Waals surface area contributed by atoms with Gasteiger partial charge in [0.15, 0.2) is 0 Å². The number of hydrogen-bond acceptors (Lipinski definition) is 3. The summed E-state index contributed by atoms with van der Waals surface area (Å²) in [7, 11) is 3.40. The van der Waals surface area contributed by atoms with Crippen molar-refractivity contribution in [1.29, 1.82) is 0 Å². The van der Waals surface area contributed by atoms with Crippen LogP contribution >= 0.6 is 0 Å². The van der Waals surface area contributed by atoms with Crippen LogP contribution < -0.4 is 14.2 Å². The van der Waals surface area contributed by atoms with Crippen molar-refractivity contribution < 1.29 is 14.2 Å². The monoisotopic (exact) mass is 424 g/mol. The molecule has 1 aliphatic heterocycles. The Balaban J connectivity index is 1.74. The summed E-state index contributed by atoms with van der Waals surface area (Å²) in [6, 6.07) is 25.5. The fourth-order valence-corrected chi connectivity index (χ4v) is 5.07. The van der Waals surface area contributed by atoms with Gasteiger partial charge in [-0.2, -0.15) is 0 Å². The number of hydrogen-bond donors (Lipinski definition) is 0. The van der Waals surface area contributed by atoms with Gasteiger partial charge in [0.25, 0.3) is 0 Å². The van der Waals surface area contributed by atoms with Crippen LogP contribution in [-0.2, 0) is 11.8 Å². The quantitative estimate of drug-likeness (QED) is 0.380. The summed E-state index contributed by atoms with van der Waals surface area (Å²) >= 11 is 0. The summed E-state index contributed by atoms with van der Waals surface area (Å²) < 4.78 is 17.5. The van der Waals surface area contributed by atoms with Crippen LogP contribution in [-0.4, -0.2) is 20.8 Å². The first-order valence-corrected chi connectivity index (χ1v) is 11.0. The number of methoxy groups -OCH3 is 2. The molecular weight excluding hydrogens is 396 g/mol. The zero-order chi connectivity index (χ0) is 22.3. The first-order chi connectivity index (χ1) is 15.6. The van der Waals surface area contributed by atoms with Gasteiger partial charge in [-0.3, -0.25) is 0 Å². The van der Waals surface area contributed by atoms with E-state index in [0.29, 0.717) is 6.61 Å². The third-order valence-corrected chi connectivity index (χ3v) is 7.06. The van der Waals surface area contributed by atoms with Crippen LogP contribution in [0.3, 0.4) is 0 Å². The van der Waals surface area contributed by atoms with Crippen LogP contribution in [0.5, 0.6) is 17.2 Å². The molecule has 0 aromatic heterocycles. The molecule has 1 aliphatic rings. The smallest absolute Gasteiger partial charge is 0.126 e. The van der Waals surface area contributed by atoms with Gasteiger partial charge >= 0.3 is 0 Å². The van der Waals surface area contributed by atoms with Crippen LogP contribution in [0, 0.1) is 13.8 Å². The van der Waals surface area contributed by atoms with Gasteiger partial charge in [0.1, 0.15) is 23.9 Å². The van der Waals surface area contributed by atoms with Gasteiger partial charge in [-0.05, 0) is 77.6 Å². The third kappa shape index (κ3) is 3.12. The highest BCUT2D eigenvalue weighted by molar-refractivity contribution is 5.92. The van der Waals surface area contributed by atoms with E-state index in [2.05, 4.69) is 62.4 Å². The standard InChI is InChI=1S/C29H28O3/c1-19-20(2)28-27(26-8-6-5-7-25(19)26)17-29(18-32-28,21-9-13-23(30-3)14-10-21)22-11-15-24(31-4)16-12-22/h5-16H,17-18H2,1-4H3. The maximum absolute atomic E-state index is 6.62. The minimum atomic E-state index is -0.310. The highest BCUT2D eigenvalue weighted by atomic mass is 16.5. The number of benzene rings is 4. The normalized spacial score (nSPS) is 14.5. The molecule has 0 amide bonds. The van der Waals surface area contributed by atoms with E-state index in [1.807, 2.05) is 24.3 Å². The van der Waals surface area contributed by atoms with Gasteiger partial charge in [-0.15, -0.1) is 0 Å². The van der Waals surface area contributed by atoms with Crippen LogP contribution in [0.4, 0.5) is 0 Å². The summed E-state index contributed by atoms with van der Waals surface area (Å²) in [6.45, 7) is 4.95. The van der Waals surface area contributed by atoms with E-state index in [0.717, 1.165) is 23.7 Å². The zero-order valence-corrected chi connectivity index (χ0v) is 19.1. The minimum Gasteiger partial charge on any atom is -0.497 e. The Kier molecular flexibility index (Phi) is 5.05. The van der Waals surface area contributed by atoms with Crippen LogP contribution in [0.2, 0.25) is 0 Å². The molecule has 162 valence electrons. The zero-order valence-electron chi connectivity index (χ0n) is 19.1. The second kappa shape index (κ2) is 7.90. The van der Waals surface area contributed by atoms with Crippen LogP contribution in [0.1, 0.15) is 27.8 Å². The van der Waals surface area contributed by atoms with Crippen LogP contribution in [0.15, 0.2) is 72.8 Å². The van der Waals surface area contributed by atoms with E-state index >= 15 is 0 Å². The van der Waals surface area contributed by atoms with Gasteiger partial charge < -0.3 is 14.2 Å². The molecule has 5 rings (SSSR count). The summed E-state index contributed by atoms with van der Waals surface area (Å²) in [5.74, 6) is 2.75. The molecule has 0 bridgehead atoms. The van der Waals surface area contributed by atoms with Gasteiger partial charge in [0.05, 0.1) is 19.6 Å². The molecule has 4 aromatic carbocycles. The second-order valence-electron chi connectivity index (χ2n) is 8.61. The molecule has 0 aliphatic carbocycles. The fourth-order valence-electron chi connectivity index (χ4n) is 5.07. The van der Waals surface area contributed by atoms with E-state index in [4.69, 9.17) is 14.2 Å². The average Bonchev–Trinajstić information content (AvgIpc) is 2.87. The first kappa shape index (κ1) is 20.4. The Bertz CT molecular complexity index is 1220. The molecule has 0 radical (unpaired) electrons. The van der Waals surface area contributed by atoms with Crippen molar-refractivity contribution in [3.8, 4) is 17.2 Å². The highest BCUT2D eigenvalue weighted by Crippen LogP contribution is 2.47. The Morgan fingerprint density at radius 1 is 0.688 bits per heavy atom. The topological polar surface area (TPSA) is 27.7 Å². The van der Waals surface area contributed by atoms with E-state index in [-0.39, 0.29) is 5.41 Å². The molecule has 3 nitrogen and oxygen atoms in total. The maximum Gasteiger partial charge on any atom is 0.126 e. The first-order valence-electron chi connectivity index (χ1n) is 11.0. The molecular formula is C29H28O3. The lowest BCUT2D eigenvalue weighted by Crippen LogP contribution is -2.40. The molecule has 32 heavy (non-hydrogen) atoms. The Labute approximate surface area is 189 Å². The Hall–Kier alpha value is -3.46. The molecule has 1 heterocycles. The molecule has 3 heteroatoms. The van der Waals surface area contributed by atoms with Crippen molar-refractivity contribution in [3.63, 3.8) is 0 Å². The van der Waals surface area contributed by atoms with Crippen molar-refractivity contribution in [2.24, 2.45) is 0 Å². The highest BCUT2D eigenvalue weighted by Gasteiger charge is 2.41. The molecule has 0 saturated heterocycles. The molecule has 0 spiro atoms. The van der Waals surface area contributed by atoms with Gasteiger partial charge in [-0.25, -0.2) is 0 Å². The SMILES string of the molecule is COc1ccc(C2(c3ccc(OC)cc3)COc3c(C)c(C)c4ccccc4c3C2)cc1. The lowest BCUT2D eigenvalue weighted by molar-refractivity contribution is 0.214. The molecule has 4 aromatic rings. The summed E-state index contributed by atoms with van der Waals surface area (Å²) in [4.78, 5) is 0. The Morgan fingerprint density at radius 3 is 1.75 bits per heavy atom. The van der Waals surface area contributed by atoms with Crippen molar-refractivity contribution in [1.82, 2.24) is 0 Å². The molecule has 0 atom stereocenters. The predicted octanol–water partition coefficient (Wildman–Crippen LogP) is 6.40. The lowest BCUT2D eigenvalue weighted by Gasteiger charge is -2.40. The van der Waals surface area contributed by atoms with Crippen molar-refractivity contribution in [2.75, 3.05) is 20.8 Å². The molecule has 0 unspecified atom stereocenters. The molecule has 0 saturated carbocycles. The van der Waals surface area contributed by atoms with E-state index in [1.165, 1.54) is 38.6 Å². The minimum absolute atomic E-state index is 0.310. The van der Waals surface area contributed by atoms with Gasteiger partial charge in [0.2, 0.25) is 0 Å². The van der Waals surface area contributed by atoms with E-state index < -0.39 is 0 Å². The number of aryl methyl sites for hydroxylation is 1. The fraction of sp³-hybridized carbons (Fsp3) is 0.241. The van der Waals surface area contributed by atoms with Crippen molar-refractivity contribution in [2.45, 2.75) is 25.7 Å². The number of ether oxygens (including phenoxy) is 3. The van der Waals surface area contributed by atoms with Gasteiger partial charge in [-0.1, -0.05) is 48.5 Å². The molecule has 0 fully saturated rings. The second-order valence-corrected chi connectivity index (χ2v) is 8.61. The largest absolute Gasteiger partial charge is 0.497 e. The van der Waals surface area contributed by atoms with E-state index in [9.17, 15) is 0 Å². The average molecular weight is 425 g/mol. The van der Waals surface area contributed by atoms with Crippen molar-refractivity contribution >= 4 is 10.8 Å². The third-order valence-electron chi connectivity index (χ3n) is 7.06. The summed E-state index contributed by atoms with van der Waals surface area (Å²) in [5, 5.41) is 2.57. The number of rotatable bonds is 4. The summed E-state index contributed by atoms with van der Waals surface area (Å²) in [6.07, 6.45) is 0.864. The van der Waals surface area contributed by atoms with Crippen molar-refractivity contribution in [3.05, 3.63) is 101 Å².